The second kappa shape index (κ2) is 4.76. The molecule has 0 spiro atoms. The van der Waals surface area contributed by atoms with E-state index in [4.69, 9.17) is 5.73 Å². The first kappa shape index (κ1) is 10.7. The maximum Gasteiger partial charge on any atom is 0.224 e. The van der Waals surface area contributed by atoms with Crippen LogP contribution in [0.5, 0.6) is 0 Å². The number of nitrogens with two attached hydrogens (primary N) is 1. The normalized spacial score (nSPS) is 14.8. The average Bonchev–Trinajstić information content (AvgIpc) is 2.65. The number of H-pyrrole nitrogens is 1. The molecule has 0 fully saturated rings. The molecule has 0 saturated heterocycles. The van der Waals surface area contributed by atoms with Gasteiger partial charge in [-0.3, -0.25) is 4.79 Å². The highest BCUT2D eigenvalue weighted by atomic mass is 16.1. The zero-order valence-corrected chi connectivity index (χ0v) is 8.45. The van der Waals surface area contributed by atoms with E-state index in [1.807, 2.05) is 13.8 Å². The van der Waals surface area contributed by atoms with Crippen molar-refractivity contribution in [3.8, 4) is 0 Å². The molecule has 5 nitrogen and oxygen atoms in total. The predicted molar refractivity (Wildman–Crippen MR) is 53.2 cm³/mol. The SMILES string of the molecule is CC(N)C(C)C(=O)NCc1cnc[nH]1. The van der Waals surface area contributed by atoms with Gasteiger partial charge in [0.05, 0.1) is 18.6 Å². The Morgan fingerprint density at radius 2 is 2.43 bits per heavy atom. The fourth-order valence-electron chi connectivity index (χ4n) is 0.963. The standard InChI is InChI=1S/C9H16N4O/c1-6(7(2)10)9(14)12-4-8-3-11-5-13-8/h3,5-7H,4,10H2,1-2H3,(H,11,13)(H,12,14). The van der Waals surface area contributed by atoms with E-state index >= 15 is 0 Å². The molecular formula is C9H16N4O. The van der Waals surface area contributed by atoms with Crippen molar-refractivity contribution in [3.63, 3.8) is 0 Å². The number of aromatic nitrogens is 2. The van der Waals surface area contributed by atoms with Crippen LogP contribution in [0, 0.1) is 5.92 Å². The minimum absolute atomic E-state index is 0.0328. The van der Waals surface area contributed by atoms with Gasteiger partial charge in [-0.2, -0.15) is 0 Å². The summed E-state index contributed by atoms with van der Waals surface area (Å²) in [5.41, 5.74) is 6.49. The highest BCUT2D eigenvalue weighted by molar-refractivity contribution is 5.78. The number of nitrogens with zero attached hydrogens (tertiary/aromatic N) is 1. The number of aromatic amines is 1. The average molecular weight is 196 g/mol. The summed E-state index contributed by atoms with van der Waals surface area (Å²) in [6.07, 6.45) is 3.26. The highest BCUT2D eigenvalue weighted by Gasteiger charge is 2.16. The van der Waals surface area contributed by atoms with E-state index in [-0.39, 0.29) is 17.9 Å². The molecule has 14 heavy (non-hydrogen) atoms. The molecule has 0 aromatic carbocycles. The Morgan fingerprint density at radius 1 is 1.71 bits per heavy atom. The summed E-state index contributed by atoms with van der Waals surface area (Å²) >= 11 is 0. The van der Waals surface area contributed by atoms with Crippen LogP contribution in [-0.4, -0.2) is 21.9 Å². The van der Waals surface area contributed by atoms with Crippen LogP contribution in [0.15, 0.2) is 12.5 Å². The van der Waals surface area contributed by atoms with Crippen molar-refractivity contribution >= 4 is 5.91 Å². The number of carbonyl (C=O) groups excluding carboxylic acids is 1. The summed E-state index contributed by atoms with van der Waals surface area (Å²) < 4.78 is 0. The van der Waals surface area contributed by atoms with E-state index in [9.17, 15) is 4.79 Å². The van der Waals surface area contributed by atoms with E-state index in [0.717, 1.165) is 5.69 Å². The van der Waals surface area contributed by atoms with Gasteiger partial charge < -0.3 is 16.0 Å². The molecule has 1 heterocycles. The molecule has 2 atom stereocenters. The number of nitrogens with one attached hydrogen (secondary N) is 2. The van der Waals surface area contributed by atoms with Crippen LogP contribution in [0.1, 0.15) is 19.5 Å². The van der Waals surface area contributed by atoms with Crippen molar-refractivity contribution in [2.24, 2.45) is 11.7 Å². The van der Waals surface area contributed by atoms with Gasteiger partial charge in [0.25, 0.3) is 0 Å². The van der Waals surface area contributed by atoms with Gasteiger partial charge in [-0.05, 0) is 6.92 Å². The maximum absolute atomic E-state index is 11.5. The Labute approximate surface area is 83.1 Å². The van der Waals surface area contributed by atoms with Crippen LogP contribution in [0.25, 0.3) is 0 Å². The lowest BCUT2D eigenvalue weighted by Crippen LogP contribution is -2.38. The van der Waals surface area contributed by atoms with Gasteiger partial charge in [-0.1, -0.05) is 6.92 Å². The maximum atomic E-state index is 11.5. The van der Waals surface area contributed by atoms with Gasteiger partial charge >= 0.3 is 0 Å². The number of hydrogen-bond acceptors (Lipinski definition) is 3. The number of hydrogen-bond donors (Lipinski definition) is 3. The summed E-state index contributed by atoms with van der Waals surface area (Å²) in [4.78, 5) is 18.2. The van der Waals surface area contributed by atoms with Crippen molar-refractivity contribution < 1.29 is 4.79 Å². The molecule has 1 aromatic heterocycles. The predicted octanol–water partition coefficient (Wildman–Crippen LogP) is 0.00920. The number of carbonyl (C=O) groups is 1. The highest BCUT2D eigenvalue weighted by Crippen LogP contribution is 2.00. The van der Waals surface area contributed by atoms with Crippen molar-refractivity contribution in [3.05, 3.63) is 18.2 Å². The number of amides is 1. The fraction of sp³-hybridized carbons (Fsp3) is 0.556. The van der Waals surface area contributed by atoms with Crippen LogP contribution in [-0.2, 0) is 11.3 Å². The van der Waals surface area contributed by atoms with Crippen molar-refractivity contribution in [1.29, 1.82) is 0 Å². The van der Waals surface area contributed by atoms with E-state index in [0.29, 0.717) is 6.54 Å². The molecule has 2 unspecified atom stereocenters. The lowest BCUT2D eigenvalue weighted by molar-refractivity contribution is -0.125. The molecule has 1 aromatic rings. The number of imidazole rings is 1. The Bertz CT molecular complexity index is 281. The first-order valence-corrected chi connectivity index (χ1v) is 4.62. The second-order valence-corrected chi connectivity index (χ2v) is 3.44. The van der Waals surface area contributed by atoms with Crippen LogP contribution in [0.4, 0.5) is 0 Å². The topological polar surface area (TPSA) is 83.8 Å². The summed E-state index contributed by atoms with van der Waals surface area (Å²) in [6, 6.07) is -0.128. The first-order valence-electron chi connectivity index (χ1n) is 4.62. The van der Waals surface area contributed by atoms with Gasteiger partial charge in [-0.15, -0.1) is 0 Å². The molecule has 0 aliphatic carbocycles. The molecule has 1 rings (SSSR count). The van der Waals surface area contributed by atoms with E-state index in [1.54, 1.807) is 12.5 Å². The molecular weight excluding hydrogens is 180 g/mol. The Morgan fingerprint density at radius 3 is 2.93 bits per heavy atom. The molecule has 4 N–H and O–H groups in total. The summed E-state index contributed by atoms with van der Waals surface area (Å²) in [5, 5.41) is 2.78. The van der Waals surface area contributed by atoms with Crippen LogP contribution < -0.4 is 11.1 Å². The van der Waals surface area contributed by atoms with Gasteiger partial charge in [0.2, 0.25) is 5.91 Å². The quantitative estimate of drug-likeness (QED) is 0.634. The summed E-state index contributed by atoms with van der Waals surface area (Å²) in [6.45, 7) is 4.10. The minimum atomic E-state index is -0.169. The molecule has 0 saturated carbocycles. The Hall–Kier alpha value is -1.36. The molecule has 0 bridgehead atoms. The Balaban J connectivity index is 2.35. The lowest BCUT2D eigenvalue weighted by atomic mass is 10.0. The van der Waals surface area contributed by atoms with Gasteiger partial charge in [-0.25, -0.2) is 4.98 Å². The van der Waals surface area contributed by atoms with Crippen LogP contribution >= 0.6 is 0 Å². The zero-order valence-electron chi connectivity index (χ0n) is 8.45. The fourth-order valence-corrected chi connectivity index (χ4v) is 0.963. The third kappa shape index (κ3) is 2.85. The summed E-state index contributed by atoms with van der Waals surface area (Å²) in [7, 11) is 0. The van der Waals surface area contributed by atoms with Gasteiger partial charge in [0, 0.05) is 18.2 Å². The monoisotopic (exact) mass is 196 g/mol. The van der Waals surface area contributed by atoms with Crippen LogP contribution in [0.3, 0.4) is 0 Å². The molecule has 1 amide bonds. The van der Waals surface area contributed by atoms with Crippen molar-refractivity contribution in [1.82, 2.24) is 15.3 Å². The third-order valence-electron chi connectivity index (χ3n) is 2.21. The molecule has 0 aliphatic heterocycles. The Kier molecular flexibility index (Phi) is 3.64. The zero-order chi connectivity index (χ0) is 10.6. The van der Waals surface area contributed by atoms with E-state index in [1.165, 1.54) is 0 Å². The molecule has 0 aliphatic rings. The van der Waals surface area contributed by atoms with E-state index < -0.39 is 0 Å². The molecule has 0 radical (unpaired) electrons. The summed E-state index contributed by atoms with van der Waals surface area (Å²) in [5.74, 6) is -0.201. The van der Waals surface area contributed by atoms with Crippen LogP contribution in [0.2, 0.25) is 0 Å². The smallest absolute Gasteiger partial charge is 0.224 e. The van der Waals surface area contributed by atoms with Gasteiger partial charge in [0.1, 0.15) is 0 Å². The third-order valence-corrected chi connectivity index (χ3v) is 2.21. The minimum Gasteiger partial charge on any atom is -0.350 e. The molecule has 5 heteroatoms. The van der Waals surface area contributed by atoms with Crippen molar-refractivity contribution in [2.45, 2.75) is 26.4 Å². The van der Waals surface area contributed by atoms with E-state index in [2.05, 4.69) is 15.3 Å². The van der Waals surface area contributed by atoms with Crippen molar-refractivity contribution in [2.75, 3.05) is 0 Å². The first-order chi connectivity index (χ1) is 6.61. The largest absolute Gasteiger partial charge is 0.350 e. The second-order valence-electron chi connectivity index (χ2n) is 3.44. The lowest BCUT2D eigenvalue weighted by Gasteiger charge is -2.14. The number of rotatable bonds is 4. The van der Waals surface area contributed by atoms with Gasteiger partial charge in [0.15, 0.2) is 0 Å². The molecule has 78 valence electrons.